The maximum absolute atomic E-state index is 13.1. The van der Waals surface area contributed by atoms with E-state index in [4.69, 9.17) is 0 Å². The summed E-state index contributed by atoms with van der Waals surface area (Å²) in [7, 11) is 0. The Morgan fingerprint density at radius 3 is 2.19 bits per heavy atom. The average molecular weight is 421 g/mol. The van der Waals surface area contributed by atoms with Crippen molar-refractivity contribution in [2.75, 3.05) is 19.6 Å². The van der Waals surface area contributed by atoms with Gasteiger partial charge in [0.15, 0.2) is 0 Å². The third kappa shape index (κ3) is 4.18. The molecule has 2 aromatic carbocycles. The number of imide groups is 1. The van der Waals surface area contributed by atoms with Crippen molar-refractivity contribution >= 4 is 17.8 Å². The van der Waals surface area contributed by atoms with E-state index in [0.717, 1.165) is 17.5 Å². The number of amides is 4. The van der Waals surface area contributed by atoms with Crippen molar-refractivity contribution in [3.8, 4) is 0 Å². The normalized spacial score (nSPS) is 19.1. The van der Waals surface area contributed by atoms with Gasteiger partial charge >= 0.3 is 6.03 Å². The van der Waals surface area contributed by atoms with Gasteiger partial charge in [-0.25, -0.2) is 4.79 Å². The summed E-state index contributed by atoms with van der Waals surface area (Å²) >= 11 is 0. The molecule has 0 radical (unpaired) electrons. The maximum Gasteiger partial charge on any atom is 0.324 e. The highest BCUT2D eigenvalue weighted by Crippen LogP contribution is 2.40. The zero-order valence-electron chi connectivity index (χ0n) is 17.4. The van der Waals surface area contributed by atoms with Gasteiger partial charge in [-0.05, 0) is 30.4 Å². The summed E-state index contributed by atoms with van der Waals surface area (Å²) in [4.78, 5) is 39.3. The van der Waals surface area contributed by atoms with Crippen molar-refractivity contribution in [2.45, 2.75) is 37.3 Å². The molecular formula is C24H27N3O4. The Balaban J connectivity index is 1.51. The molecule has 7 heteroatoms. The predicted molar refractivity (Wildman–Crippen MR) is 115 cm³/mol. The molecule has 2 aromatic rings. The fourth-order valence-electron chi connectivity index (χ4n) is 4.66. The number of urea groups is 1. The Morgan fingerprint density at radius 1 is 1.03 bits per heavy atom. The zero-order valence-corrected chi connectivity index (χ0v) is 17.4. The molecular weight excluding hydrogens is 394 g/mol. The number of carbonyl (C=O) groups excluding carboxylic acids is 3. The number of nitrogens with one attached hydrogen (secondary N) is 1. The lowest BCUT2D eigenvalue weighted by Crippen LogP contribution is -2.50. The Kier molecular flexibility index (Phi) is 6.04. The van der Waals surface area contributed by atoms with Crippen molar-refractivity contribution in [2.24, 2.45) is 0 Å². The number of likely N-dealkylation sites (tertiary alicyclic amines) is 1. The first-order valence-corrected chi connectivity index (χ1v) is 10.7. The van der Waals surface area contributed by atoms with Crippen molar-refractivity contribution in [1.29, 1.82) is 0 Å². The van der Waals surface area contributed by atoms with Crippen LogP contribution in [0.4, 0.5) is 4.79 Å². The van der Waals surface area contributed by atoms with Crippen LogP contribution in [0.3, 0.4) is 0 Å². The minimum atomic E-state index is -1.31. The third-order valence-corrected chi connectivity index (χ3v) is 6.17. The molecule has 162 valence electrons. The molecule has 7 nitrogen and oxygen atoms in total. The van der Waals surface area contributed by atoms with Crippen LogP contribution in [0.25, 0.3) is 0 Å². The van der Waals surface area contributed by atoms with Crippen LogP contribution in [0.15, 0.2) is 60.7 Å². The van der Waals surface area contributed by atoms with Crippen molar-refractivity contribution in [3.05, 3.63) is 71.8 Å². The number of nitrogens with zero attached hydrogens (tertiary/aromatic N) is 2. The second-order valence-corrected chi connectivity index (χ2v) is 8.12. The van der Waals surface area contributed by atoms with E-state index in [9.17, 15) is 19.5 Å². The van der Waals surface area contributed by atoms with E-state index >= 15 is 0 Å². The summed E-state index contributed by atoms with van der Waals surface area (Å²) < 4.78 is 0. The van der Waals surface area contributed by atoms with Gasteiger partial charge in [0.05, 0.1) is 6.04 Å². The first-order chi connectivity index (χ1) is 15.0. The van der Waals surface area contributed by atoms with Gasteiger partial charge in [-0.2, -0.15) is 0 Å². The number of carbonyl (C=O) groups is 3. The summed E-state index contributed by atoms with van der Waals surface area (Å²) in [5.74, 6) is -0.356. The molecule has 2 heterocycles. The van der Waals surface area contributed by atoms with Crippen LogP contribution < -0.4 is 5.32 Å². The van der Waals surface area contributed by atoms with E-state index in [-0.39, 0.29) is 30.8 Å². The van der Waals surface area contributed by atoms with Gasteiger partial charge in [0.2, 0.25) is 11.8 Å². The second-order valence-electron chi connectivity index (χ2n) is 8.12. The second kappa shape index (κ2) is 8.89. The lowest BCUT2D eigenvalue weighted by Gasteiger charge is -2.40. The van der Waals surface area contributed by atoms with E-state index in [2.05, 4.69) is 5.32 Å². The molecule has 0 aromatic heterocycles. The summed E-state index contributed by atoms with van der Waals surface area (Å²) in [6.45, 7) is 0.985. The standard InChI is InChI=1S/C24H27N3O4/c28-21-17-26(23(30)25-21)15-8-14-22(29)27-16-7-13-20(27)24(31,18-9-3-1-4-10-18)19-11-5-2-6-12-19/h1-6,9-12,20,31H,7-8,13-17H2,(H,25,28,30). The largest absolute Gasteiger partial charge is 0.378 e. The zero-order chi connectivity index (χ0) is 21.8. The van der Waals surface area contributed by atoms with Gasteiger partial charge in [-0.1, -0.05) is 60.7 Å². The van der Waals surface area contributed by atoms with Gasteiger partial charge in [0, 0.05) is 19.5 Å². The first kappa shape index (κ1) is 21.1. The Hall–Kier alpha value is -3.19. The third-order valence-electron chi connectivity index (χ3n) is 6.17. The molecule has 2 fully saturated rings. The number of hydrogen-bond donors (Lipinski definition) is 2. The molecule has 4 amide bonds. The summed E-state index contributed by atoms with van der Waals surface area (Å²) in [5.41, 5.74) is 0.215. The van der Waals surface area contributed by atoms with Gasteiger partial charge in [-0.15, -0.1) is 0 Å². The maximum atomic E-state index is 13.1. The minimum Gasteiger partial charge on any atom is -0.378 e. The molecule has 2 N–H and O–H groups in total. The molecule has 2 aliphatic heterocycles. The van der Waals surface area contributed by atoms with E-state index in [1.54, 1.807) is 4.90 Å². The first-order valence-electron chi connectivity index (χ1n) is 10.7. The number of rotatable bonds is 7. The van der Waals surface area contributed by atoms with Crippen LogP contribution in [-0.4, -0.2) is 58.4 Å². The van der Waals surface area contributed by atoms with Gasteiger partial charge < -0.3 is 14.9 Å². The lowest BCUT2D eigenvalue weighted by molar-refractivity contribution is -0.136. The summed E-state index contributed by atoms with van der Waals surface area (Å²) in [6.07, 6.45) is 2.25. The molecule has 1 unspecified atom stereocenters. The average Bonchev–Trinajstić information content (AvgIpc) is 3.41. The fraction of sp³-hybridized carbons (Fsp3) is 0.375. The van der Waals surface area contributed by atoms with Crippen LogP contribution in [0.2, 0.25) is 0 Å². The molecule has 0 bridgehead atoms. The minimum absolute atomic E-state index is 0.0428. The Bertz CT molecular complexity index is 908. The van der Waals surface area contributed by atoms with Crippen molar-refractivity contribution < 1.29 is 19.5 Å². The quantitative estimate of drug-likeness (QED) is 0.671. The van der Waals surface area contributed by atoms with Gasteiger partial charge in [-0.3, -0.25) is 14.9 Å². The van der Waals surface area contributed by atoms with E-state index in [0.29, 0.717) is 25.9 Å². The smallest absolute Gasteiger partial charge is 0.324 e. The molecule has 0 saturated carbocycles. The van der Waals surface area contributed by atoms with Crippen molar-refractivity contribution in [1.82, 2.24) is 15.1 Å². The Morgan fingerprint density at radius 2 is 1.65 bits per heavy atom. The number of aliphatic hydroxyl groups is 1. The summed E-state index contributed by atoms with van der Waals surface area (Å²) in [5, 5.41) is 14.3. The van der Waals surface area contributed by atoms with Crippen LogP contribution in [0.1, 0.15) is 36.8 Å². The molecule has 2 saturated heterocycles. The fourth-order valence-corrected chi connectivity index (χ4v) is 4.66. The topological polar surface area (TPSA) is 90.0 Å². The molecule has 2 aliphatic rings. The predicted octanol–water partition coefficient (Wildman–Crippen LogP) is 2.25. The molecule has 4 rings (SSSR count). The van der Waals surface area contributed by atoms with Crippen molar-refractivity contribution in [3.63, 3.8) is 0 Å². The molecule has 31 heavy (non-hydrogen) atoms. The van der Waals surface area contributed by atoms with Crippen LogP contribution in [0, 0.1) is 0 Å². The number of benzene rings is 2. The number of hydrogen-bond acceptors (Lipinski definition) is 4. The van der Waals surface area contributed by atoms with Crippen LogP contribution in [0.5, 0.6) is 0 Å². The highest BCUT2D eigenvalue weighted by atomic mass is 16.3. The van der Waals surface area contributed by atoms with Gasteiger partial charge in [0.25, 0.3) is 0 Å². The van der Waals surface area contributed by atoms with E-state index < -0.39 is 11.6 Å². The summed E-state index contributed by atoms with van der Waals surface area (Å²) in [6, 6.07) is 18.2. The van der Waals surface area contributed by atoms with Crippen LogP contribution >= 0.6 is 0 Å². The van der Waals surface area contributed by atoms with E-state index in [1.807, 2.05) is 60.7 Å². The molecule has 1 atom stereocenters. The highest BCUT2D eigenvalue weighted by molar-refractivity contribution is 6.01. The Labute approximate surface area is 181 Å². The SMILES string of the molecule is O=C1CN(CCCC(=O)N2CCCC2C(O)(c2ccccc2)c2ccccc2)C(=O)N1. The lowest BCUT2D eigenvalue weighted by atomic mass is 9.79. The van der Waals surface area contributed by atoms with Crippen LogP contribution in [-0.2, 0) is 15.2 Å². The van der Waals surface area contributed by atoms with E-state index in [1.165, 1.54) is 4.90 Å². The molecule has 0 aliphatic carbocycles. The molecule has 0 spiro atoms. The monoisotopic (exact) mass is 421 g/mol. The van der Waals surface area contributed by atoms with Gasteiger partial charge in [0.1, 0.15) is 12.1 Å². The highest BCUT2D eigenvalue weighted by Gasteiger charge is 2.46.